The van der Waals surface area contributed by atoms with Crippen molar-refractivity contribution in [2.75, 3.05) is 5.32 Å². The Bertz CT molecular complexity index is 555. The molecule has 0 aromatic heterocycles. The molecule has 17 heavy (non-hydrogen) atoms. The molecule has 1 atom stereocenters. The molecule has 1 aliphatic heterocycles. The first-order valence-electron chi connectivity index (χ1n) is 6.55. The van der Waals surface area contributed by atoms with Gasteiger partial charge in [-0.1, -0.05) is 30.3 Å². The molecule has 1 nitrogen and oxygen atoms in total. The Hall–Kier alpha value is -1.50. The maximum absolute atomic E-state index is 3.80. The van der Waals surface area contributed by atoms with Gasteiger partial charge in [0.05, 0.1) is 0 Å². The van der Waals surface area contributed by atoms with E-state index in [0.29, 0.717) is 0 Å². The van der Waals surface area contributed by atoms with Crippen LogP contribution in [0.2, 0.25) is 0 Å². The number of anilines is 1. The highest BCUT2D eigenvalue weighted by Gasteiger charge is 2.43. The van der Waals surface area contributed by atoms with Crippen LogP contribution in [0.15, 0.2) is 36.4 Å². The van der Waals surface area contributed by atoms with Gasteiger partial charge in [0.15, 0.2) is 0 Å². The molecule has 1 N–H and O–H groups in total. The molecule has 2 aromatic carbocycles. The fourth-order valence-corrected chi connectivity index (χ4v) is 3.38. The van der Waals surface area contributed by atoms with Crippen molar-refractivity contribution >= 4 is 16.5 Å². The smallest absolute Gasteiger partial charge is 0.0427 e. The molecule has 1 aliphatic carbocycles. The summed E-state index contributed by atoms with van der Waals surface area (Å²) in [6, 6.07) is 13.3. The van der Waals surface area contributed by atoms with Crippen LogP contribution in [0.4, 0.5) is 5.69 Å². The lowest BCUT2D eigenvalue weighted by molar-refractivity contribution is 0.443. The summed E-state index contributed by atoms with van der Waals surface area (Å²) in [7, 11) is 0. The quantitative estimate of drug-likeness (QED) is 0.771. The monoisotopic (exact) mass is 223 g/mol. The average Bonchev–Trinajstić information content (AvgIpc) is 3.13. The first-order chi connectivity index (χ1) is 8.26. The number of benzene rings is 2. The standard InChI is InChI=1S/C16H17N/c1-16(13-8-9-13)10-12-6-2-4-11-5-3-7-14(17-16)15(11)12/h2-7,13,17H,8-10H2,1H3. The molecule has 0 bridgehead atoms. The minimum Gasteiger partial charge on any atom is -0.379 e. The van der Waals surface area contributed by atoms with Crippen molar-refractivity contribution in [1.82, 2.24) is 0 Å². The molecular formula is C16H17N. The van der Waals surface area contributed by atoms with Crippen molar-refractivity contribution in [2.24, 2.45) is 5.92 Å². The van der Waals surface area contributed by atoms with E-state index < -0.39 is 0 Å². The number of hydrogen-bond donors (Lipinski definition) is 1. The van der Waals surface area contributed by atoms with Gasteiger partial charge in [0.25, 0.3) is 0 Å². The molecule has 1 heterocycles. The summed E-state index contributed by atoms with van der Waals surface area (Å²) in [6.07, 6.45) is 3.95. The summed E-state index contributed by atoms with van der Waals surface area (Å²) in [5.74, 6) is 0.867. The van der Waals surface area contributed by atoms with E-state index in [2.05, 4.69) is 48.6 Å². The third-order valence-corrected chi connectivity index (χ3v) is 4.45. The van der Waals surface area contributed by atoms with Crippen LogP contribution in [0.5, 0.6) is 0 Å². The van der Waals surface area contributed by atoms with E-state index in [9.17, 15) is 0 Å². The molecule has 1 heteroatoms. The number of nitrogens with one attached hydrogen (secondary N) is 1. The van der Waals surface area contributed by atoms with E-state index >= 15 is 0 Å². The summed E-state index contributed by atoms with van der Waals surface area (Å²) in [6.45, 7) is 2.39. The Morgan fingerprint density at radius 3 is 2.65 bits per heavy atom. The predicted octanol–water partition coefficient (Wildman–Crippen LogP) is 3.98. The molecule has 0 amide bonds. The molecule has 0 radical (unpaired) electrons. The highest BCUT2D eigenvalue weighted by atomic mass is 15.0. The summed E-state index contributed by atoms with van der Waals surface area (Å²) >= 11 is 0. The van der Waals surface area contributed by atoms with Crippen LogP contribution in [-0.2, 0) is 6.42 Å². The van der Waals surface area contributed by atoms with E-state index in [-0.39, 0.29) is 5.54 Å². The Morgan fingerprint density at radius 1 is 1.12 bits per heavy atom. The molecule has 4 rings (SSSR count). The highest BCUT2D eigenvalue weighted by molar-refractivity contribution is 5.98. The lowest BCUT2D eigenvalue weighted by Gasteiger charge is -2.37. The minimum atomic E-state index is 0.280. The SMILES string of the molecule is CC1(C2CC2)Cc2cccc3cccc(c23)N1. The van der Waals surface area contributed by atoms with Crippen LogP contribution >= 0.6 is 0 Å². The fraction of sp³-hybridized carbons (Fsp3) is 0.375. The zero-order valence-electron chi connectivity index (χ0n) is 10.2. The second kappa shape index (κ2) is 3.04. The van der Waals surface area contributed by atoms with Crippen LogP contribution in [0.3, 0.4) is 0 Å². The topological polar surface area (TPSA) is 12.0 Å². The lowest BCUT2D eigenvalue weighted by Crippen LogP contribution is -2.41. The van der Waals surface area contributed by atoms with Crippen molar-refractivity contribution in [3.05, 3.63) is 42.0 Å². The lowest BCUT2D eigenvalue weighted by atomic mass is 9.82. The van der Waals surface area contributed by atoms with Gasteiger partial charge in [0.2, 0.25) is 0 Å². The van der Waals surface area contributed by atoms with Crippen molar-refractivity contribution in [3.63, 3.8) is 0 Å². The summed E-state index contributed by atoms with van der Waals surface area (Å²) in [5.41, 5.74) is 3.13. The molecule has 2 aliphatic rings. The summed E-state index contributed by atoms with van der Waals surface area (Å²) in [5, 5.41) is 6.60. The molecule has 0 spiro atoms. The van der Waals surface area contributed by atoms with Crippen molar-refractivity contribution < 1.29 is 0 Å². The van der Waals surface area contributed by atoms with Crippen LogP contribution in [-0.4, -0.2) is 5.54 Å². The molecular weight excluding hydrogens is 206 g/mol. The van der Waals surface area contributed by atoms with Gasteiger partial charge in [-0.3, -0.25) is 0 Å². The van der Waals surface area contributed by atoms with E-state index in [4.69, 9.17) is 0 Å². The molecule has 2 aromatic rings. The normalized spacial score (nSPS) is 26.9. The maximum atomic E-state index is 3.80. The van der Waals surface area contributed by atoms with E-state index in [1.807, 2.05) is 0 Å². The molecule has 1 saturated carbocycles. The second-order valence-electron chi connectivity index (χ2n) is 5.81. The fourth-order valence-electron chi connectivity index (χ4n) is 3.38. The van der Waals surface area contributed by atoms with Crippen LogP contribution in [0.1, 0.15) is 25.3 Å². The number of hydrogen-bond acceptors (Lipinski definition) is 1. The zero-order valence-corrected chi connectivity index (χ0v) is 10.2. The Labute approximate surface area is 102 Å². The van der Waals surface area contributed by atoms with Crippen LogP contribution < -0.4 is 5.32 Å². The predicted molar refractivity (Wildman–Crippen MR) is 72.4 cm³/mol. The van der Waals surface area contributed by atoms with Crippen molar-refractivity contribution in [2.45, 2.75) is 31.7 Å². The molecule has 1 fully saturated rings. The Kier molecular flexibility index (Phi) is 1.70. The Morgan fingerprint density at radius 2 is 1.88 bits per heavy atom. The number of rotatable bonds is 1. The molecule has 1 unspecified atom stereocenters. The van der Waals surface area contributed by atoms with Gasteiger partial charge in [-0.05, 0) is 49.1 Å². The highest BCUT2D eigenvalue weighted by Crippen LogP contribution is 2.47. The summed E-state index contributed by atoms with van der Waals surface area (Å²) in [4.78, 5) is 0. The largest absolute Gasteiger partial charge is 0.379 e. The van der Waals surface area contributed by atoms with Crippen LogP contribution in [0.25, 0.3) is 10.8 Å². The van der Waals surface area contributed by atoms with Crippen molar-refractivity contribution in [1.29, 1.82) is 0 Å². The second-order valence-corrected chi connectivity index (χ2v) is 5.81. The van der Waals surface area contributed by atoms with E-state index in [1.54, 1.807) is 0 Å². The van der Waals surface area contributed by atoms with Crippen molar-refractivity contribution in [3.8, 4) is 0 Å². The maximum Gasteiger partial charge on any atom is 0.0427 e. The third kappa shape index (κ3) is 1.32. The van der Waals surface area contributed by atoms with Gasteiger partial charge in [0, 0.05) is 16.6 Å². The van der Waals surface area contributed by atoms with Gasteiger partial charge in [0.1, 0.15) is 0 Å². The van der Waals surface area contributed by atoms with Gasteiger partial charge >= 0.3 is 0 Å². The average molecular weight is 223 g/mol. The van der Waals surface area contributed by atoms with E-state index in [0.717, 1.165) is 5.92 Å². The minimum absolute atomic E-state index is 0.280. The van der Waals surface area contributed by atoms with Gasteiger partial charge in [-0.25, -0.2) is 0 Å². The molecule has 0 saturated heterocycles. The summed E-state index contributed by atoms with van der Waals surface area (Å²) < 4.78 is 0. The Balaban J connectivity index is 1.95. The van der Waals surface area contributed by atoms with Gasteiger partial charge in [-0.2, -0.15) is 0 Å². The van der Waals surface area contributed by atoms with Crippen LogP contribution in [0, 0.1) is 5.92 Å². The van der Waals surface area contributed by atoms with Gasteiger partial charge in [-0.15, -0.1) is 0 Å². The third-order valence-electron chi connectivity index (χ3n) is 4.45. The first kappa shape index (κ1) is 9.52. The zero-order chi connectivity index (χ0) is 11.5. The first-order valence-corrected chi connectivity index (χ1v) is 6.55. The van der Waals surface area contributed by atoms with E-state index in [1.165, 1.54) is 41.3 Å². The van der Waals surface area contributed by atoms with Gasteiger partial charge < -0.3 is 5.32 Å². The molecule has 86 valence electrons.